The molecule has 0 spiro atoms. The maximum Gasteiger partial charge on any atom is 0.243 e. The Morgan fingerprint density at radius 3 is 2.15 bits per heavy atom. The number of benzene rings is 1. The Labute approximate surface area is 168 Å². The minimum absolute atomic E-state index is 0.0390. The summed E-state index contributed by atoms with van der Waals surface area (Å²) in [5.41, 5.74) is 0.0837. The second kappa shape index (κ2) is 8.47. The Morgan fingerprint density at radius 2 is 1.67 bits per heavy atom. The molecular formula is C19H30ClN3O3S. The molecule has 152 valence electrons. The van der Waals surface area contributed by atoms with Crippen molar-refractivity contribution in [3.63, 3.8) is 0 Å². The summed E-state index contributed by atoms with van der Waals surface area (Å²) in [7, 11) is -1.60. The van der Waals surface area contributed by atoms with Crippen molar-refractivity contribution in [2.75, 3.05) is 39.8 Å². The number of hydrogen-bond acceptors (Lipinski definition) is 4. The highest BCUT2D eigenvalue weighted by molar-refractivity contribution is 7.89. The zero-order valence-electron chi connectivity index (χ0n) is 16.8. The molecule has 6 nitrogen and oxygen atoms in total. The van der Waals surface area contributed by atoms with Gasteiger partial charge in [0, 0.05) is 37.2 Å². The van der Waals surface area contributed by atoms with Crippen molar-refractivity contribution in [3.05, 3.63) is 29.3 Å². The Morgan fingerprint density at radius 1 is 1.15 bits per heavy atom. The van der Waals surface area contributed by atoms with Gasteiger partial charge in [0.05, 0.1) is 11.4 Å². The van der Waals surface area contributed by atoms with Gasteiger partial charge in [0.1, 0.15) is 0 Å². The highest BCUT2D eigenvalue weighted by atomic mass is 35.5. The van der Waals surface area contributed by atoms with Crippen LogP contribution < -0.4 is 0 Å². The maximum absolute atomic E-state index is 12.7. The minimum atomic E-state index is -3.56. The van der Waals surface area contributed by atoms with Gasteiger partial charge in [0.25, 0.3) is 0 Å². The highest BCUT2D eigenvalue weighted by Crippen LogP contribution is 2.23. The number of nitrogens with zero attached hydrogens (tertiary/aromatic N) is 3. The number of halogens is 1. The van der Waals surface area contributed by atoms with Crippen LogP contribution in [-0.4, -0.2) is 74.2 Å². The monoisotopic (exact) mass is 415 g/mol. The SMILES string of the molecule is CC(N(C)CC(=O)N1CCN(S(=O)(=O)c2ccc(Cl)cc2)CC1)C(C)(C)C. The number of rotatable bonds is 5. The van der Waals surface area contributed by atoms with E-state index in [1.165, 1.54) is 16.4 Å². The maximum atomic E-state index is 12.7. The zero-order valence-corrected chi connectivity index (χ0v) is 18.3. The third-order valence-corrected chi connectivity index (χ3v) is 7.51. The molecule has 0 radical (unpaired) electrons. The number of amides is 1. The van der Waals surface area contributed by atoms with Crippen molar-refractivity contribution in [1.82, 2.24) is 14.1 Å². The van der Waals surface area contributed by atoms with Crippen LogP contribution in [0.3, 0.4) is 0 Å². The molecule has 27 heavy (non-hydrogen) atoms. The van der Waals surface area contributed by atoms with E-state index in [0.29, 0.717) is 37.7 Å². The van der Waals surface area contributed by atoms with E-state index < -0.39 is 10.0 Å². The molecule has 0 aliphatic carbocycles. The van der Waals surface area contributed by atoms with Gasteiger partial charge in [0.15, 0.2) is 0 Å². The fourth-order valence-electron chi connectivity index (χ4n) is 3.04. The van der Waals surface area contributed by atoms with Crippen LogP contribution in [0.1, 0.15) is 27.7 Å². The summed E-state index contributed by atoms with van der Waals surface area (Å²) in [6, 6.07) is 6.42. The van der Waals surface area contributed by atoms with E-state index >= 15 is 0 Å². The minimum Gasteiger partial charge on any atom is -0.339 e. The Balaban J connectivity index is 1.94. The predicted octanol–water partition coefficient (Wildman–Crippen LogP) is 2.54. The second-order valence-corrected chi connectivity index (χ2v) is 10.6. The zero-order chi connectivity index (χ0) is 20.4. The van der Waals surface area contributed by atoms with Crippen LogP contribution in [0, 0.1) is 5.41 Å². The lowest BCUT2D eigenvalue weighted by atomic mass is 9.87. The first kappa shape index (κ1) is 22.1. The van der Waals surface area contributed by atoms with E-state index in [1.54, 1.807) is 17.0 Å². The molecule has 1 atom stereocenters. The number of carbonyl (C=O) groups is 1. The van der Waals surface area contributed by atoms with Crippen molar-refractivity contribution < 1.29 is 13.2 Å². The Hall–Kier alpha value is -1.15. The molecular weight excluding hydrogens is 386 g/mol. The standard InChI is InChI=1S/C19H30ClN3O3S/c1-15(19(2,3)4)21(5)14-18(24)22-10-12-23(13-11-22)27(25,26)17-8-6-16(20)7-9-17/h6-9,15H,10-14H2,1-5H3. The van der Waals surface area contributed by atoms with Crippen molar-refractivity contribution in [1.29, 1.82) is 0 Å². The van der Waals surface area contributed by atoms with Crippen LogP contribution in [0.15, 0.2) is 29.2 Å². The van der Waals surface area contributed by atoms with Crippen molar-refractivity contribution in [2.24, 2.45) is 5.41 Å². The normalized spacial score (nSPS) is 18.0. The lowest BCUT2D eigenvalue weighted by Gasteiger charge is -2.38. The van der Waals surface area contributed by atoms with E-state index in [0.717, 1.165) is 0 Å². The molecule has 0 aromatic heterocycles. The van der Waals surface area contributed by atoms with E-state index in [9.17, 15) is 13.2 Å². The number of carbonyl (C=O) groups excluding carboxylic acids is 1. The lowest BCUT2D eigenvalue weighted by molar-refractivity contribution is -0.134. The van der Waals surface area contributed by atoms with Crippen LogP contribution >= 0.6 is 11.6 Å². The Kier molecular flexibility index (Phi) is 6.95. The average Bonchev–Trinajstić information content (AvgIpc) is 2.60. The van der Waals surface area contributed by atoms with Gasteiger partial charge >= 0.3 is 0 Å². The third-order valence-electron chi connectivity index (χ3n) is 5.34. The van der Waals surface area contributed by atoms with Gasteiger partial charge in [-0.2, -0.15) is 4.31 Å². The molecule has 0 bridgehead atoms. The van der Waals surface area contributed by atoms with Gasteiger partial charge < -0.3 is 4.90 Å². The first-order chi connectivity index (χ1) is 12.4. The average molecular weight is 416 g/mol. The molecule has 1 heterocycles. The third kappa shape index (κ3) is 5.44. The van der Waals surface area contributed by atoms with Crippen LogP contribution in [0.5, 0.6) is 0 Å². The van der Waals surface area contributed by atoms with Gasteiger partial charge in [0.2, 0.25) is 15.9 Å². The molecule has 1 fully saturated rings. The summed E-state index contributed by atoms with van der Waals surface area (Å²) < 4.78 is 26.9. The van der Waals surface area contributed by atoms with Gasteiger partial charge in [-0.05, 0) is 43.7 Å². The number of sulfonamides is 1. The first-order valence-electron chi connectivity index (χ1n) is 9.16. The molecule has 1 saturated heterocycles. The van der Waals surface area contributed by atoms with Crippen molar-refractivity contribution in [3.8, 4) is 0 Å². The summed E-state index contributed by atoms with van der Waals surface area (Å²) in [6.07, 6.45) is 0. The van der Waals surface area contributed by atoms with Crippen LogP contribution in [0.4, 0.5) is 0 Å². The summed E-state index contributed by atoms with van der Waals surface area (Å²) in [5, 5.41) is 0.498. The van der Waals surface area contributed by atoms with E-state index in [-0.39, 0.29) is 22.3 Å². The van der Waals surface area contributed by atoms with Gasteiger partial charge in [-0.1, -0.05) is 32.4 Å². The molecule has 2 rings (SSSR count). The molecule has 1 aliphatic heterocycles. The first-order valence-corrected chi connectivity index (χ1v) is 11.0. The van der Waals surface area contributed by atoms with E-state index in [4.69, 9.17) is 11.6 Å². The molecule has 1 aromatic rings. The van der Waals surface area contributed by atoms with Gasteiger partial charge in [-0.3, -0.25) is 9.69 Å². The van der Waals surface area contributed by atoms with Crippen LogP contribution in [0.25, 0.3) is 0 Å². The van der Waals surface area contributed by atoms with E-state index in [2.05, 4.69) is 32.6 Å². The molecule has 0 N–H and O–H groups in total. The molecule has 1 unspecified atom stereocenters. The van der Waals surface area contributed by atoms with Crippen LogP contribution in [-0.2, 0) is 14.8 Å². The number of likely N-dealkylation sites (N-methyl/N-ethyl adjacent to an activating group) is 1. The largest absolute Gasteiger partial charge is 0.339 e. The smallest absolute Gasteiger partial charge is 0.243 e. The summed E-state index contributed by atoms with van der Waals surface area (Å²) in [5.74, 6) is 0.0390. The molecule has 0 saturated carbocycles. The molecule has 1 aliphatic rings. The number of piperazine rings is 1. The lowest BCUT2D eigenvalue weighted by Crippen LogP contribution is -2.53. The molecule has 8 heteroatoms. The summed E-state index contributed by atoms with van der Waals surface area (Å²) >= 11 is 5.84. The predicted molar refractivity (Wildman–Crippen MR) is 108 cm³/mol. The molecule has 1 amide bonds. The number of hydrogen-bond donors (Lipinski definition) is 0. The van der Waals surface area contributed by atoms with Crippen LogP contribution in [0.2, 0.25) is 5.02 Å². The second-order valence-electron chi connectivity index (χ2n) is 8.20. The molecule has 1 aromatic carbocycles. The Bertz CT molecular complexity index is 751. The van der Waals surface area contributed by atoms with E-state index in [1.807, 2.05) is 7.05 Å². The van der Waals surface area contributed by atoms with Gasteiger partial charge in [-0.15, -0.1) is 0 Å². The quantitative estimate of drug-likeness (QED) is 0.741. The van der Waals surface area contributed by atoms with Crippen molar-refractivity contribution in [2.45, 2.75) is 38.6 Å². The fraction of sp³-hybridized carbons (Fsp3) is 0.632. The topological polar surface area (TPSA) is 60.9 Å². The van der Waals surface area contributed by atoms with Crippen molar-refractivity contribution >= 4 is 27.5 Å². The highest BCUT2D eigenvalue weighted by Gasteiger charge is 2.31. The fourth-order valence-corrected chi connectivity index (χ4v) is 4.59. The van der Waals surface area contributed by atoms with Gasteiger partial charge in [-0.25, -0.2) is 8.42 Å². The summed E-state index contributed by atoms with van der Waals surface area (Å²) in [6.45, 7) is 10.3. The summed E-state index contributed by atoms with van der Waals surface area (Å²) in [4.78, 5) is 16.6.